The molecule has 0 aromatic carbocycles. The van der Waals surface area contributed by atoms with E-state index in [0.29, 0.717) is 0 Å². The Labute approximate surface area is 120 Å². The molecule has 0 bridgehead atoms. The molecule has 0 saturated carbocycles. The SMILES string of the molecule is C1=CCCCCCCCCCCC\C=C/C=C\C=C/1. The Morgan fingerprint density at radius 2 is 0.632 bits per heavy atom. The monoisotopic (exact) mass is 258 g/mol. The van der Waals surface area contributed by atoms with Crippen molar-refractivity contribution in [2.24, 2.45) is 0 Å². The van der Waals surface area contributed by atoms with E-state index in [1.165, 1.54) is 70.6 Å². The summed E-state index contributed by atoms with van der Waals surface area (Å²) in [6.07, 6.45) is 32.5. The molecule has 0 aromatic heterocycles. The zero-order valence-corrected chi connectivity index (χ0v) is 12.4. The van der Waals surface area contributed by atoms with Gasteiger partial charge in [0.1, 0.15) is 0 Å². The van der Waals surface area contributed by atoms with Gasteiger partial charge in [0.15, 0.2) is 0 Å². The average Bonchev–Trinajstić information content (AvgIpc) is 2.43. The fourth-order valence-electron chi connectivity index (χ4n) is 2.37. The van der Waals surface area contributed by atoms with E-state index in [1.54, 1.807) is 0 Å². The van der Waals surface area contributed by atoms with Crippen molar-refractivity contribution < 1.29 is 0 Å². The molecule has 0 fully saturated rings. The lowest BCUT2D eigenvalue weighted by atomic mass is 10.1. The van der Waals surface area contributed by atoms with Crippen LogP contribution in [0.15, 0.2) is 48.6 Å². The Bertz CT molecular complexity index is 261. The van der Waals surface area contributed by atoms with Crippen molar-refractivity contribution in [1.29, 1.82) is 0 Å². The van der Waals surface area contributed by atoms with Crippen LogP contribution in [0, 0.1) is 0 Å². The Hall–Kier alpha value is -1.04. The third-order valence-electron chi connectivity index (χ3n) is 3.57. The van der Waals surface area contributed by atoms with E-state index < -0.39 is 0 Å². The smallest absolute Gasteiger partial charge is 0.0348 e. The molecule has 0 saturated heterocycles. The summed E-state index contributed by atoms with van der Waals surface area (Å²) in [6, 6.07) is 0. The lowest BCUT2D eigenvalue weighted by molar-refractivity contribution is 0.561. The zero-order chi connectivity index (χ0) is 13.4. The van der Waals surface area contributed by atoms with Crippen LogP contribution in [0.2, 0.25) is 0 Å². The Balaban J connectivity index is 2.26. The van der Waals surface area contributed by atoms with Gasteiger partial charge in [-0.2, -0.15) is 0 Å². The second kappa shape index (κ2) is 13.4. The van der Waals surface area contributed by atoms with E-state index in [9.17, 15) is 0 Å². The standard InChI is InChI=1S/C19H30/c1-2-4-6-8-10-12-14-16-18-19-17-15-13-11-9-7-5-3-1/h1-8H,9-19H2/b3-1-,4-2-,7-5-,8-6?. The second-order valence-corrected chi connectivity index (χ2v) is 5.39. The third kappa shape index (κ3) is 11.8. The number of hydrogen-bond donors (Lipinski definition) is 0. The van der Waals surface area contributed by atoms with E-state index in [2.05, 4.69) is 48.6 Å². The second-order valence-electron chi connectivity index (χ2n) is 5.39. The summed E-state index contributed by atoms with van der Waals surface area (Å²) in [5.74, 6) is 0. The van der Waals surface area contributed by atoms with Crippen LogP contribution in [-0.4, -0.2) is 0 Å². The molecule has 0 aliphatic heterocycles. The van der Waals surface area contributed by atoms with E-state index >= 15 is 0 Å². The molecule has 0 atom stereocenters. The van der Waals surface area contributed by atoms with Crippen molar-refractivity contribution in [2.45, 2.75) is 70.6 Å². The van der Waals surface area contributed by atoms with Gasteiger partial charge in [0.25, 0.3) is 0 Å². The van der Waals surface area contributed by atoms with Crippen molar-refractivity contribution in [1.82, 2.24) is 0 Å². The Morgan fingerprint density at radius 3 is 1.05 bits per heavy atom. The van der Waals surface area contributed by atoms with Crippen molar-refractivity contribution in [3.05, 3.63) is 48.6 Å². The molecule has 19 heavy (non-hydrogen) atoms. The van der Waals surface area contributed by atoms with E-state index in [4.69, 9.17) is 0 Å². The van der Waals surface area contributed by atoms with Gasteiger partial charge in [0.2, 0.25) is 0 Å². The van der Waals surface area contributed by atoms with Crippen LogP contribution in [0.3, 0.4) is 0 Å². The van der Waals surface area contributed by atoms with Gasteiger partial charge in [-0.25, -0.2) is 0 Å². The quantitative estimate of drug-likeness (QED) is 0.464. The molecule has 106 valence electrons. The first-order valence-corrected chi connectivity index (χ1v) is 8.15. The summed E-state index contributed by atoms with van der Waals surface area (Å²) in [6.45, 7) is 0. The predicted molar refractivity (Wildman–Crippen MR) is 87.3 cm³/mol. The molecule has 1 aliphatic carbocycles. The van der Waals surface area contributed by atoms with Gasteiger partial charge in [-0.05, 0) is 25.7 Å². The molecule has 0 unspecified atom stereocenters. The Morgan fingerprint density at radius 1 is 0.316 bits per heavy atom. The molecule has 0 radical (unpaired) electrons. The van der Waals surface area contributed by atoms with Gasteiger partial charge < -0.3 is 0 Å². The normalized spacial score (nSPS) is 25.7. The fraction of sp³-hybridized carbons (Fsp3) is 0.579. The Kier molecular flexibility index (Phi) is 11.3. The highest BCUT2D eigenvalue weighted by Gasteiger charge is 1.92. The van der Waals surface area contributed by atoms with Gasteiger partial charge in [0, 0.05) is 0 Å². The molecular formula is C19H30. The van der Waals surface area contributed by atoms with Crippen molar-refractivity contribution in [3.63, 3.8) is 0 Å². The molecule has 0 nitrogen and oxygen atoms in total. The van der Waals surface area contributed by atoms with Crippen LogP contribution in [0.5, 0.6) is 0 Å². The first-order valence-electron chi connectivity index (χ1n) is 8.15. The lowest BCUT2D eigenvalue weighted by Crippen LogP contribution is -1.81. The van der Waals surface area contributed by atoms with Crippen LogP contribution >= 0.6 is 0 Å². The van der Waals surface area contributed by atoms with Gasteiger partial charge in [-0.3, -0.25) is 0 Å². The number of allylic oxidation sites excluding steroid dienone is 8. The number of hydrogen-bond acceptors (Lipinski definition) is 0. The molecular weight excluding hydrogens is 228 g/mol. The van der Waals surface area contributed by atoms with Gasteiger partial charge in [-0.15, -0.1) is 0 Å². The maximum absolute atomic E-state index is 2.29. The molecule has 0 N–H and O–H groups in total. The topological polar surface area (TPSA) is 0 Å². The molecule has 0 aromatic rings. The van der Waals surface area contributed by atoms with Gasteiger partial charge >= 0.3 is 0 Å². The molecule has 0 spiro atoms. The average molecular weight is 258 g/mol. The first kappa shape index (κ1) is 16.0. The summed E-state index contributed by atoms with van der Waals surface area (Å²) in [5, 5.41) is 0. The minimum atomic E-state index is 1.23. The number of rotatable bonds is 0. The highest BCUT2D eigenvalue weighted by molar-refractivity contribution is 5.15. The summed E-state index contributed by atoms with van der Waals surface area (Å²) < 4.78 is 0. The maximum atomic E-state index is 2.29. The molecule has 1 aliphatic rings. The molecule has 0 heterocycles. The van der Waals surface area contributed by atoms with Crippen LogP contribution in [-0.2, 0) is 0 Å². The summed E-state index contributed by atoms with van der Waals surface area (Å²) >= 11 is 0. The summed E-state index contributed by atoms with van der Waals surface area (Å²) in [7, 11) is 0. The third-order valence-corrected chi connectivity index (χ3v) is 3.57. The van der Waals surface area contributed by atoms with Crippen LogP contribution in [0.25, 0.3) is 0 Å². The largest absolute Gasteiger partial charge is 0.0845 e. The van der Waals surface area contributed by atoms with Crippen molar-refractivity contribution in [3.8, 4) is 0 Å². The van der Waals surface area contributed by atoms with Crippen LogP contribution in [0.4, 0.5) is 0 Å². The summed E-state index contributed by atoms with van der Waals surface area (Å²) in [5.41, 5.74) is 0. The van der Waals surface area contributed by atoms with Crippen molar-refractivity contribution >= 4 is 0 Å². The highest BCUT2D eigenvalue weighted by atomic mass is 14.0. The minimum Gasteiger partial charge on any atom is -0.0845 e. The van der Waals surface area contributed by atoms with Crippen LogP contribution in [0.1, 0.15) is 70.6 Å². The highest BCUT2D eigenvalue weighted by Crippen LogP contribution is 2.11. The molecule has 0 amide bonds. The fourth-order valence-corrected chi connectivity index (χ4v) is 2.37. The molecule has 0 heteroatoms. The first-order chi connectivity index (χ1) is 9.50. The predicted octanol–water partition coefficient (Wildman–Crippen LogP) is 6.52. The lowest BCUT2D eigenvalue weighted by Gasteiger charge is -2.01. The van der Waals surface area contributed by atoms with E-state index in [0.717, 1.165) is 0 Å². The van der Waals surface area contributed by atoms with Gasteiger partial charge in [-0.1, -0.05) is 93.6 Å². The van der Waals surface area contributed by atoms with Gasteiger partial charge in [0.05, 0.1) is 0 Å². The van der Waals surface area contributed by atoms with E-state index in [1.807, 2.05) is 0 Å². The van der Waals surface area contributed by atoms with Crippen LogP contribution < -0.4 is 0 Å². The maximum Gasteiger partial charge on any atom is -0.0348 e. The molecule has 1 rings (SSSR count). The summed E-state index contributed by atoms with van der Waals surface area (Å²) in [4.78, 5) is 0. The van der Waals surface area contributed by atoms with Crippen molar-refractivity contribution in [2.75, 3.05) is 0 Å². The zero-order valence-electron chi connectivity index (χ0n) is 12.4. The minimum absolute atomic E-state index is 1.23. The van der Waals surface area contributed by atoms with E-state index in [-0.39, 0.29) is 0 Å².